The summed E-state index contributed by atoms with van der Waals surface area (Å²) in [5, 5.41) is 13.1. The summed E-state index contributed by atoms with van der Waals surface area (Å²) in [6, 6.07) is 5.68. The Bertz CT molecular complexity index is 346. The smallest absolute Gasteiger partial charge is 0.160 e. The molecule has 1 aliphatic heterocycles. The highest BCUT2D eigenvalue weighted by Gasteiger charge is 2.14. The molecule has 16 heavy (non-hydrogen) atoms. The van der Waals surface area contributed by atoms with Gasteiger partial charge in [-0.1, -0.05) is 6.07 Å². The number of rotatable bonds is 3. The van der Waals surface area contributed by atoms with E-state index in [1.807, 2.05) is 18.2 Å². The molecule has 0 saturated carbocycles. The summed E-state index contributed by atoms with van der Waals surface area (Å²) in [7, 11) is 1.57. The molecule has 0 bridgehead atoms. The second-order valence-electron chi connectivity index (χ2n) is 4.42. The van der Waals surface area contributed by atoms with Crippen LogP contribution in [0.4, 0.5) is 0 Å². The number of aromatic hydroxyl groups is 1. The number of phenols is 1. The summed E-state index contributed by atoms with van der Waals surface area (Å²) in [6.45, 7) is 2.23. The van der Waals surface area contributed by atoms with E-state index in [4.69, 9.17) is 4.74 Å². The predicted molar refractivity (Wildman–Crippen MR) is 64.0 cm³/mol. The molecular formula is C13H19NO2. The van der Waals surface area contributed by atoms with Crippen LogP contribution in [0.3, 0.4) is 0 Å². The molecule has 1 saturated heterocycles. The lowest BCUT2D eigenvalue weighted by Gasteiger charge is -2.22. The molecule has 1 heterocycles. The maximum atomic E-state index is 9.68. The molecule has 2 N–H and O–H groups in total. The zero-order valence-corrected chi connectivity index (χ0v) is 9.70. The fourth-order valence-electron chi connectivity index (χ4n) is 2.29. The fourth-order valence-corrected chi connectivity index (χ4v) is 2.29. The average Bonchev–Trinajstić information content (AvgIpc) is 2.31. The fraction of sp³-hybridized carbons (Fsp3) is 0.538. The van der Waals surface area contributed by atoms with Crippen LogP contribution in [0.25, 0.3) is 0 Å². The Morgan fingerprint density at radius 2 is 2.38 bits per heavy atom. The van der Waals surface area contributed by atoms with E-state index in [1.165, 1.54) is 18.4 Å². The van der Waals surface area contributed by atoms with E-state index in [1.54, 1.807) is 7.11 Å². The lowest BCUT2D eigenvalue weighted by Crippen LogP contribution is -2.30. The maximum Gasteiger partial charge on any atom is 0.160 e. The van der Waals surface area contributed by atoms with E-state index in [0.29, 0.717) is 11.7 Å². The number of hydrogen-bond acceptors (Lipinski definition) is 3. The number of piperidine rings is 1. The number of benzene rings is 1. The Balaban J connectivity index is 2.01. The predicted octanol–water partition coefficient (Wildman–Crippen LogP) is 1.94. The van der Waals surface area contributed by atoms with E-state index in [0.717, 1.165) is 19.5 Å². The Morgan fingerprint density at radius 3 is 3.00 bits per heavy atom. The first kappa shape index (κ1) is 11.3. The molecule has 0 radical (unpaired) electrons. The van der Waals surface area contributed by atoms with Crippen molar-refractivity contribution < 1.29 is 9.84 Å². The Hall–Kier alpha value is -1.22. The molecule has 1 aromatic rings. The minimum absolute atomic E-state index is 0.240. The highest BCUT2D eigenvalue weighted by atomic mass is 16.5. The van der Waals surface area contributed by atoms with Crippen LogP contribution in [-0.4, -0.2) is 25.3 Å². The lowest BCUT2D eigenvalue weighted by molar-refractivity contribution is 0.367. The van der Waals surface area contributed by atoms with Crippen molar-refractivity contribution in [3.05, 3.63) is 23.8 Å². The van der Waals surface area contributed by atoms with Crippen LogP contribution in [0.5, 0.6) is 11.5 Å². The van der Waals surface area contributed by atoms with Crippen LogP contribution in [-0.2, 0) is 6.42 Å². The number of ether oxygens (including phenoxy) is 1. The van der Waals surface area contributed by atoms with Gasteiger partial charge in [0.15, 0.2) is 11.5 Å². The molecule has 3 nitrogen and oxygen atoms in total. The number of phenolic OH excluding ortho intramolecular Hbond substituents is 1. The van der Waals surface area contributed by atoms with Gasteiger partial charge in [-0.25, -0.2) is 0 Å². The molecule has 0 aliphatic carbocycles. The van der Waals surface area contributed by atoms with Crippen LogP contribution in [0.1, 0.15) is 18.4 Å². The first-order valence-electron chi connectivity index (χ1n) is 5.86. The third-order valence-electron chi connectivity index (χ3n) is 3.17. The van der Waals surface area contributed by atoms with Crippen LogP contribution < -0.4 is 10.1 Å². The largest absolute Gasteiger partial charge is 0.504 e. The van der Waals surface area contributed by atoms with Crippen molar-refractivity contribution in [1.29, 1.82) is 0 Å². The first-order chi connectivity index (χ1) is 7.79. The first-order valence-corrected chi connectivity index (χ1v) is 5.86. The molecule has 2 rings (SSSR count). The van der Waals surface area contributed by atoms with E-state index >= 15 is 0 Å². The SMILES string of the molecule is COc1ccc(CC2CCCNC2)cc1O. The number of methoxy groups -OCH3 is 1. The van der Waals surface area contributed by atoms with Gasteiger partial charge < -0.3 is 15.2 Å². The Labute approximate surface area is 96.4 Å². The third-order valence-corrected chi connectivity index (χ3v) is 3.17. The van der Waals surface area contributed by atoms with E-state index < -0.39 is 0 Å². The number of nitrogens with one attached hydrogen (secondary N) is 1. The van der Waals surface area contributed by atoms with E-state index in [9.17, 15) is 5.11 Å². The standard InChI is InChI=1S/C13H19NO2/c1-16-13-5-4-10(8-12(13)15)7-11-3-2-6-14-9-11/h4-5,8,11,14-15H,2-3,6-7,9H2,1H3. The van der Waals surface area contributed by atoms with Crippen molar-refractivity contribution in [2.24, 2.45) is 5.92 Å². The van der Waals surface area contributed by atoms with Crippen molar-refractivity contribution in [2.45, 2.75) is 19.3 Å². The second kappa shape index (κ2) is 5.21. The molecule has 3 heteroatoms. The van der Waals surface area contributed by atoms with E-state index in [2.05, 4.69) is 5.32 Å². The van der Waals surface area contributed by atoms with Crippen molar-refractivity contribution in [3.8, 4) is 11.5 Å². The van der Waals surface area contributed by atoms with Crippen molar-refractivity contribution in [3.63, 3.8) is 0 Å². The van der Waals surface area contributed by atoms with Crippen LogP contribution in [0, 0.1) is 5.92 Å². The Morgan fingerprint density at radius 1 is 1.50 bits per heavy atom. The minimum atomic E-state index is 0.240. The van der Waals surface area contributed by atoms with Gasteiger partial charge in [-0.15, -0.1) is 0 Å². The molecule has 0 amide bonds. The second-order valence-corrected chi connectivity index (χ2v) is 4.42. The minimum Gasteiger partial charge on any atom is -0.504 e. The molecule has 1 fully saturated rings. The molecule has 0 aromatic heterocycles. The van der Waals surface area contributed by atoms with Crippen molar-refractivity contribution in [1.82, 2.24) is 5.32 Å². The highest BCUT2D eigenvalue weighted by Crippen LogP contribution is 2.28. The summed E-state index contributed by atoms with van der Waals surface area (Å²) >= 11 is 0. The lowest BCUT2D eigenvalue weighted by atomic mass is 9.92. The van der Waals surface area contributed by atoms with Gasteiger partial charge in [-0.05, 0) is 56.0 Å². The summed E-state index contributed by atoms with van der Waals surface area (Å²) in [5.74, 6) is 1.48. The molecule has 0 spiro atoms. The average molecular weight is 221 g/mol. The van der Waals surface area contributed by atoms with E-state index in [-0.39, 0.29) is 5.75 Å². The Kier molecular flexibility index (Phi) is 3.67. The van der Waals surface area contributed by atoms with Gasteiger partial charge in [0, 0.05) is 0 Å². The third kappa shape index (κ3) is 2.67. The van der Waals surface area contributed by atoms with Gasteiger partial charge >= 0.3 is 0 Å². The van der Waals surface area contributed by atoms with Gasteiger partial charge in [0.25, 0.3) is 0 Å². The monoisotopic (exact) mass is 221 g/mol. The zero-order chi connectivity index (χ0) is 11.4. The number of hydrogen-bond donors (Lipinski definition) is 2. The maximum absolute atomic E-state index is 9.68. The summed E-state index contributed by atoms with van der Waals surface area (Å²) in [5.41, 5.74) is 1.19. The van der Waals surface area contributed by atoms with Crippen LogP contribution in [0.2, 0.25) is 0 Å². The summed E-state index contributed by atoms with van der Waals surface area (Å²) in [4.78, 5) is 0. The van der Waals surface area contributed by atoms with Gasteiger partial charge in [-0.2, -0.15) is 0 Å². The van der Waals surface area contributed by atoms with Crippen molar-refractivity contribution >= 4 is 0 Å². The molecule has 1 aliphatic rings. The molecule has 1 aromatic carbocycles. The highest BCUT2D eigenvalue weighted by molar-refractivity contribution is 5.41. The molecule has 1 atom stereocenters. The van der Waals surface area contributed by atoms with Gasteiger partial charge in [0.05, 0.1) is 7.11 Å². The quantitative estimate of drug-likeness (QED) is 0.819. The van der Waals surface area contributed by atoms with Crippen LogP contribution in [0.15, 0.2) is 18.2 Å². The zero-order valence-electron chi connectivity index (χ0n) is 9.70. The van der Waals surface area contributed by atoms with Gasteiger partial charge in [0.1, 0.15) is 0 Å². The molecule has 88 valence electrons. The van der Waals surface area contributed by atoms with Crippen LogP contribution >= 0.6 is 0 Å². The normalized spacial score (nSPS) is 20.7. The molecular weight excluding hydrogens is 202 g/mol. The molecule has 1 unspecified atom stereocenters. The van der Waals surface area contributed by atoms with Gasteiger partial charge in [0.2, 0.25) is 0 Å². The summed E-state index contributed by atoms with van der Waals surface area (Å²) < 4.78 is 5.03. The summed E-state index contributed by atoms with van der Waals surface area (Å²) in [6.07, 6.45) is 3.57. The topological polar surface area (TPSA) is 41.5 Å². The van der Waals surface area contributed by atoms with Gasteiger partial charge in [-0.3, -0.25) is 0 Å². The van der Waals surface area contributed by atoms with Crippen molar-refractivity contribution in [2.75, 3.05) is 20.2 Å².